The van der Waals surface area contributed by atoms with Crippen LogP contribution in [-0.4, -0.2) is 22.9 Å². The van der Waals surface area contributed by atoms with Crippen molar-refractivity contribution < 1.29 is 19.5 Å². The second-order valence-electron chi connectivity index (χ2n) is 6.12. The zero-order valence-electron chi connectivity index (χ0n) is 15.3. The SMILES string of the molecule is O=C(/C=C/c1ccccc1)Nc1ccccc1C(=O)Nc1cccc(C(=O)O)c1. The number of hydrogen-bond donors (Lipinski definition) is 3. The van der Waals surface area contributed by atoms with Crippen molar-refractivity contribution in [3.8, 4) is 0 Å². The summed E-state index contributed by atoms with van der Waals surface area (Å²) in [6, 6.07) is 21.9. The number of anilines is 2. The van der Waals surface area contributed by atoms with Crippen LogP contribution in [0.4, 0.5) is 11.4 Å². The van der Waals surface area contributed by atoms with Gasteiger partial charge in [-0.3, -0.25) is 9.59 Å². The Morgan fingerprint density at radius 2 is 1.52 bits per heavy atom. The van der Waals surface area contributed by atoms with Crippen LogP contribution in [0.15, 0.2) is 84.9 Å². The first-order valence-corrected chi connectivity index (χ1v) is 8.81. The minimum absolute atomic E-state index is 0.0652. The molecule has 2 amide bonds. The van der Waals surface area contributed by atoms with E-state index in [9.17, 15) is 14.4 Å². The quantitative estimate of drug-likeness (QED) is 0.551. The maximum Gasteiger partial charge on any atom is 0.335 e. The maximum atomic E-state index is 12.6. The number of carboxylic acids is 1. The van der Waals surface area contributed by atoms with Gasteiger partial charge >= 0.3 is 5.97 Å². The van der Waals surface area contributed by atoms with Crippen LogP contribution in [0.25, 0.3) is 6.08 Å². The van der Waals surface area contributed by atoms with Crippen LogP contribution in [-0.2, 0) is 4.79 Å². The normalized spacial score (nSPS) is 10.5. The lowest BCUT2D eigenvalue weighted by molar-refractivity contribution is -0.111. The van der Waals surface area contributed by atoms with Gasteiger partial charge in [-0.05, 0) is 42.0 Å². The lowest BCUT2D eigenvalue weighted by atomic mass is 10.1. The molecular weight excluding hydrogens is 368 g/mol. The highest BCUT2D eigenvalue weighted by atomic mass is 16.4. The first-order valence-electron chi connectivity index (χ1n) is 8.81. The number of amides is 2. The molecule has 0 radical (unpaired) electrons. The molecule has 0 saturated carbocycles. The molecule has 0 bridgehead atoms. The Labute approximate surface area is 167 Å². The molecule has 0 fully saturated rings. The zero-order valence-corrected chi connectivity index (χ0v) is 15.3. The van der Waals surface area contributed by atoms with E-state index in [1.807, 2.05) is 30.3 Å². The van der Waals surface area contributed by atoms with Crippen LogP contribution in [0.2, 0.25) is 0 Å². The maximum absolute atomic E-state index is 12.6. The van der Waals surface area contributed by atoms with Gasteiger partial charge in [0.1, 0.15) is 0 Å². The van der Waals surface area contributed by atoms with Gasteiger partial charge in [0, 0.05) is 11.8 Å². The highest BCUT2D eigenvalue weighted by Gasteiger charge is 2.13. The number of nitrogens with one attached hydrogen (secondary N) is 2. The van der Waals surface area contributed by atoms with Crippen molar-refractivity contribution in [2.24, 2.45) is 0 Å². The smallest absolute Gasteiger partial charge is 0.335 e. The summed E-state index contributed by atoms with van der Waals surface area (Å²) in [6.45, 7) is 0. The number of aromatic carboxylic acids is 1. The molecule has 3 aromatic rings. The van der Waals surface area contributed by atoms with E-state index in [2.05, 4.69) is 10.6 Å². The van der Waals surface area contributed by atoms with Crippen molar-refractivity contribution in [3.63, 3.8) is 0 Å². The summed E-state index contributed by atoms with van der Waals surface area (Å²) in [5, 5.41) is 14.4. The van der Waals surface area contributed by atoms with Gasteiger partial charge < -0.3 is 15.7 Å². The zero-order chi connectivity index (χ0) is 20.6. The van der Waals surface area contributed by atoms with E-state index in [0.29, 0.717) is 11.4 Å². The van der Waals surface area contributed by atoms with Gasteiger partial charge in [0.2, 0.25) is 5.91 Å². The van der Waals surface area contributed by atoms with Crippen LogP contribution < -0.4 is 10.6 Å². The number of carbonyl (C=O) groups is 3. The third kappa shape index (κ3) is 5.40. The first-order chi connectivity index (χ1) is 14.0. The standard InChI is InChI=1S/C23H18N2O4/c26-21(14-13-16-7-2-1-3-8-16)25-20-12-5-4-11-19(20)22(27)24-18-10-6-9-17(15-18)23(28)29/h1-15H,(H,24,27)(H,25,26)(H,28,29)/b14-13+. The molecule has 3 N–H and O–H groups in total. The van der Waals surface area contributed by atoms with Crippen LogP contribution >= 0.6 is 0 Å². The average Bonchev–Trinajstić information content (AvgIpc) is 2.73. The minimum Gasteiger partial charge on any atom is -0.478 e. The molecule has 144 valence electrons. The van der Waals surface area contributed by atoms with Crippen molar-refractivity contribution in [2.45, 2.75) is 0 Å². The Bertz CT molecular complexity index is 1080. The predicted molar refractivity (Wildman–Crippen MR) is 112 cm³/mol. The Kier molecular flexibility index (Phi) is 6.17. The van der Waals surface area contributed by atoms with E-state index in [1.54, 1.807) is 42.5 Å². The molecule has 0 aromatic heterocycles. The van der Waals surface area contributed by atoms with Gasteiger partial charge in [0.25, 0.3) is 5.91 Å². The summed E-state index contributed by atoms with van der Waals surface area (Å²) in [7, 11) is 0. The lowest BCUT2D eigenvalue weighted by Crippen LogP contribution is -2.17. The predicted octanol–water partition coefficient (Wildman–Crippen LogP) is 4.29. The van der Waals surface area contributed by atoms with Gasteiger partial charge in [-0.2, -0.15) is 0 Å². The van der Waals surface area contributed by atoms with Gasteiger partial charge in [0.15, 0.2) is 0 Å². The van der Waals surface area contributed by atoms with Crippen LogP contribution in [0.1, 0.15) is 26.3 Å². The fourth-order valence-electron chi connectivity index (χ4n) is 2.63. The monoisotopic (exact) mass is 386 g/mol. The van der Waals surface area contributed by atoms with Crippen LogP contribution in [0, 0.1) is 0 Å². The van der Waals surface area contributed by atoms with Crippen LogP contribution in [0.3, 0.4) is 0 Å². The van der Waals surface area contributed by atoms with Crippen LogP contribution in [0.5, 0.6) is 0 Å². The van der Waals surface area contributed by atoms with Gasteiger partial charge in [-0.1, -0.05) is 48.5 Å². The van der Waals surface area contributed by atoms with E-state index >= 15 is 0 Å². The van der Waals surface area contributed by atoms with Crippen molar-refractivity contribution in [2.75, 3.05) is 10.6 Å². The third-order valence-corrected chi connectivity index (χ3v) is 4.02. The molecule has 6 nitrogen and oxygen atoms in total. The second kappa shape index (κ2) is 9.14. The molecule has 0 aliphatic rings. The number of benzene rings is 3. The largest absolute Gasteiger partial charge is 0.478 e. The summed E-state index contributed by atoms with van der Waals surface area (Å²) in [4.78, 5) is 36.0. The molecular formula is C23H18N2O4. The van der Waals surface area contributed by atoms with Crippen molar-refractivity contribution in [3.05, 3.63) is 102 Å². The Balaban J connectivity index is 1.73. The molecule has 0 aliphatic heterocycles. The summed E-state index contributed by atoms with van der Waals surface area (Å²) in [5.74, 6) is -1.92. The van der Waals surface area contributed by atoms with Gasteiger partial charge in [-0.25, -0.2) is 4.79 Å². The van der Waals surface area contributed by atoms with E-state index in [4.69, 9.17) is 5.11 Å². The minimum atomic E-state index is -1.08. The summed E-state index contributed by atoms with van der Waals surface area (Å²) in [5.41, 5.74) is 1.90. The van der Waals surface area contributed by atoms with Gasteiger partial charge in [0.05, 0.1) is 16.8 Å². The van der Waals surface area contributed by atoms with E-state index in [0.717, 1.165) is 5.56 Å². The molecule has 6 heteroatoms. The molecule has 0 aliphatic carbocycles. The Morgan fingerprint density at radius 1 is 0.793 bits per heavy atom. The number of rotatable bonds is 6. The van der Waals surface area contributed by atoms with Crippen molar-refractivity contribution in [1.82, 2.24) is 0 Å². The topological polar surface area (TPSA) is 95.5 Å². The molecule has 0 heterocycles. The molecule has 0 spiro atoms. The number of carboxylic acid groups (broad SMARTS) is 1. The molecule has 0 saturated heterocycles. The van der Waals surface area contributed by atoms with Crippen molar-refractivity contribution >= 4 is 35.2 Å². The highest BCUT2D eigenvalue weighted by molar-refractivity contribution is 6.12. The Morgan fingerprint density at radius 3 is 2.28 bits per heavy atom. The second-order valence-corrected chi connectivity index (χ2v) is 6.12. The van der Waals surface area contributed by atoms with E-state index < -0.39 is 11.9 Å². The summed E-state index contributed by atoms with van der Waals surface area (Å²) >= 11 is 0. The molecule has 3 rings (SSSR count). The number of carbonyl (C=O) groups excluding carboxylic acids is 2. The van der Waals surface area contributed by atoms with Crippen molar-refractivity contribution in [1.29, 1.82) is 0 Å². The number of para-hydroxylation sites is 1. The third-order valence-electron chi connectivity index (χ3n) is 4.02. The molecule has 3 aromatic carbocycles. The fraction of sp³-hybridized carbons (Fsp3) is 0. The van der Waals surface area contributed by atoms with Gasteiger partial charge in [-0.15, -0.1) is 0 Å². The summed E-state index contributed by atoms with van der Waals surface area (Å²) in [6.07, 6.45) is 3.07. The van der Waals surface area contributed by atoms with E-state index in [-0.39, 0.29) is 17.0 Å². The Hall–Kier alpha value is -4.19. The fourth-order valence-corrected chi connectivity index (χ4v) is 2.63. The highest BCUT2D eigenvalue weighted by Crippen LogP contribution is 2.18. The molecule has 0 atom stereocenters. The molecule has 0 unspecified atom stereocenters. The first kappa shape index (κ1) is 19.6. The lowest BCUT2D eigenvalue weighted by Gasteiger charge is -2.11. The van der Waals surface area contributed by atoms with E-state index in [1.165, 1.54) is 18.2 Å². The number of hydrogen-bond acceptors (Lipinski definition) is 3. The molecule has 29 heavy (non-hydrogen) atoms. The average molecular weight is 386 g/mol. The summed E-state index contributed by atoms with van der Waals surface area (Å²) < 4.78 is 0.